The second kappa shape index (κ2) is 4.30. The fourth-order valence-electron chi connectivity index (χ4n) is 1.93. The lowest BCUT2D eigenvalue weighted by atomic mass is 10.1. The van der Waals surface area contributed by atoms with Gasteiger partial charge in [0, 0.05) is 16.8 Å². The second-order valence-electron chi connectivity index (χ2n) is 3.93. The van der Waals surface area contributed by atoms with Crippen LogP contribution in [-0.2, 0) is 0 Å². The Morgan fingerprint density at radius 1 is 0.765 bits per heavy atom. The molecular formula is C16H12N. The fraction of sp³-hybridized carbons (Fsp3) is 0. The van der Waals surface area contributed by atoms with Gasteiger partial charge in [-0.2, -0.15) is 0 Å². The van der Waals surface area contributed by atoms with Gasteiger partial charge in [-0.15, -0.1) is 0 Å². The molecule has 0 amide bonds. The Balaban J connectivity index is 2.06. The highest BCUT2D eigenvalue weighted by Crippen LogP contribution is 2.25. The molecule has 1 N–H and O–H groups in total. The van der Waals surface area contributed by atoms with Crippen molar-refractivity contribution in [3.05, 3.63) is 72.8 Å². The number of hydrogen-bond acceptors (Lipinski definition) is 1. The van der Waals surface area contributed by atoms with Crippen molar-refractivity contribution in [2.45, 2.75) is 0 Å². The van der Waals surface area contributed by atoms with Crippen molar-refractivity contribution in [2.75, 3.05) is 5.32 Å². The Morgan fingerprint density at radius 3 is 2.41 bits per heavy atom. The number of rotatable bonds is 2. The van der Waals surface area contributed by atoms with Crippen LogP contribution in [0, 0.1) is 6.07 Å². The summed E-state index contributed by atoms with van der Waals surface area (Å²) in [4.78, 5) is 0. The van der Waals surface area contributed by atoms with E-state index in [-0.39, 0.29) is 0 Å². The van der Waals surface area contributed by atoms with Crippen LogP contribution in [0.3, 0.4) is 0 Å². The molecule has 0 heterocycles. The summed E-state index contributed by atoms with van der Waals surface area (Å²) < 4.78 is 0. The summed E-state index contributed by atoms with van der Waals surface area (Å²) in [6, 6.07) is 25.7. The van der Waals surface area contributed by atoms with Gasteiger partial charge in [0.25, 0.3) is 0 Å². The Labute approximate surface area is 101 Å². The predicted molar refractivity (Wildman–Crippen MR) is 72.5 cm³/mol. The van der Waals surface area contributed by atoms with E-state index in [4.69, 9.17) is 0 Å². The molecule has 0 saturated carbocycles. The first-order valence-corrected chi connectivity index (χ1v) is 5.65. The lowest BCUT2D eigenvalue weighted by Gasteiger charge is -2.09. The molecule has 1 radical (unpaired) electrons. The minimum absolute atomic E-state index is 1.10. The number of benzene rings is 3. The van der Waals surface area contributed by atoms with Crippen LogP contribution in [0.5, 0.6) is 0 Å². The zero-order chi connectivity index (χ0) is 11.5. The summed E-state index contributed by atoms with van der Waals surface area (Å²) in [6.45, 7) is 0. The average Bonchev–Trinajstić information content (AvgIpc) is 2.40. The number of fused-ring (bicyclic) bond motifs is 1. The maximum absolute atomic E-state index is 3.43. The molecule has 0 bridgehead atoms. The maximum atomic E-state index is 3.43. The van der Waals surface area contributed by atoms with Crippen LogP contribution in [0.4, 0.5) is 11.4 Å². The molecule has 0 aromatic heterocycles. The average molecular weight is 218 g/mol. The van der Waals surface area contributed by atoms with Gasteiger partial charge in [0.2, 0.25) is 0 Å². The van der Waals surface area contributed by atoms with Gasteiger partial charge in [-0.25, -0.2) is 0 Å². The lowest BCUT2D eigenvalue weighted by Crippen LogP contribution is -1.90. The number of hydrogen-bond donors (Lipinski definition) is 1. The number of para-hydroxylation sites is 1. The van der Waals surface area contributed by atoms with E-state index in [2.05, 4.69) is 41.7 Å². The summed E-state index contributed by atoms with van der Waals surface area (Å²) in [7, 11) is 0. The van der Waals surface area contributed by atoms with Gasteiger partial charge in [-0.05, 0) is 29.7 Å². The van der Waals surface area contributed by atoms with Crippen LogP contribution < -0.4 is 5.32 Å². The van der Waals surface area contributed by atoms with Gasteiger partial charge in [0.05, 0.1) is 0 Å². The topological polar surface area (TPSA) is 12.0 Å². The summed E-state index contributed by atoms with van der Waals surface area (Å²) in [5, 5.41) is 5.75. The van der Waals surface area contributed by atoms with Crippen LogP contribution in [0.25, 0.3) is 10.8 Å². The van der Waals surface area contributed by atoms with E-state index in [0.29, 0.717) is 0 Å². The first-order valence-electron chi connectivity index (χ1n) is 5.65. The van der Waals surface area contributed by atoms with Gasteiger partial charge in [0.15, 0.2) is 0 Å². The maximum Gasteiger partial charge on any atom is 0.0464 e. The first-order chi connectivity index (χ1) is 8.43. The van der Waals surface area contributed by atoms with Gasteiger partial charge in [-0.3, -0.25) is 0 Å². The Bertz CT molecular complexity index is 624. The predicted octanol–water partition coefficient (Wildman–Crippen LogP) is 4.38. The molecule has 0 atom stereocenters. The molecule has 3 aromatic rings. The molecule has 0 fully saturated rings. The second-order valence-corrected chi connectivity index (χ2v) is 3.93. The van der Waals surface area contributed by atoms with Crippen molar-refractivity contribution in [1.82, 2.24) is 0 Å². The van der Waals surface area contributed by atoms with Crippen molar-refractivity contribution in [1.29, 1.82) is 0 Å². The van der Waals surface area contributed by atoms with E-state index in [9.17, 15) is 0 Å². The molecule has 0 aliphatic heterocycles. The molecule has 3 rings (SSSR count). The van der Waals surface area contributed by atoms with Crippen LogP contribution in [0.15, 0.2) is 66.7 Å². The monoisotopic (exact) mass is 218 g/mol. The minimum Gasteiger partial charge on any atom is -0.355 e. The summed E-state index contributed by atoms with van der Waals surface area (Å²) in [6.07, 6.45) is 0. The smallest absolute Gasteiger partial charge is 0.0464 e. The first kappa shape index (κ1) is 9.91. The summed E-state index contributed by atoms with van der Waals surface area (Å²) >= 11 is 0. The van der Waals surface area contributed by atoms with Gasteiger partial charge in [-0.1, -0.05) is 48.5 Å². The lowest BCUT2D eigenvalue weighted by molar-refractivity contribution is 1.57. The van der Waals surface area contributed by atoms with Crippen molar-refractivity contribution >= 4 is 22.1 Å². The molecule has 0 spiro atoms. The molecule has 1 heteroatoms. The van der Waals surface area contributed by atoms with E-state index in [1.54, 1.807) is 0 Å². The Morgan fingerprint density at radius 2 is 1.53 bits per heavy atom. The zero-order valence-electron chi connectivity index (χ0n) is 9.35. The highest BCUT2D eigenvalue weighted by atomic mass is 14.9. The summed E-state index contributed by atoms with van der Waals surface area (Å²) in [5.74, 6) is 0. The van der Waals surface area contributed by atoms with Crippen molar-refractivity contribution in [3.8, 4) is 0 Å². The molecule has 81 valence electrons. The van der Waals surface area contributed by atoms with E-state index >= 15 is 0 Å². The molecular weight excluding hydrogens is 206 g/mol. The van der Waals surface area contributed by atoms with E-state index in [1.165, 1.54) is 5.39 Å². The molecule has 3 aromatic carbocycles. The minimum atomic E-state index is 1.10. The Hall–Kier alpha value is -2.28. The fourth-order valence-corrected chi connectivity index (χ4v) is 1.93. The van der Waals surface area contributed by atoms with E-state index in [1.807, 2.05) is 36.4 Å². The van der Waals surface area contributed by atoms with Gasteiger partial charge in [0.1, 0.15) is 0 Å². The third kappa shape index (κ3) is 2.00. The molecule has 0 aliphatic rings. The van der Waals surface area contributed by atoms with E-state index < -0.39 is 0 Å². The van der Waals surface area contributed by atoms with Crippen LogP contribution >= 0.6 is 0 Å². The van der Waals surface area contributed by atoms with Crippen LogP contribution in [0.2, 0.25) is 0 Å². The normalized spacial score (nSPS) is 10.4. The highest BCUT2D eigenvalue weighted by molar-refractivity contribution is 5.94. The molecule has 17 heavy (non-hydrogen) atoms. The van der Waals surface area contributed by atoms with Gasteiger partial charge < -0.3 is 5.32 Å². The van der Waals surface area contributed by atoms with Crippen molar-refractivity contribution in [2.24, 2.45) is 0 Å². The van der Waals surface area contributed by atoms with E-state index in [0.717, 1.165) is 16.8 Å². The molecule has 0 saturated heterocycles. The quantitative estimate of drug-likeness (QED) is 0.673. The standard InChI is InChI=1S/C16H12N/c1-2-9-14(10-3-1)17-16-12-6-8-13-7-4-5-11-15(13)16/h1-7,9-12,17H. The van der Waals surface area contributed by atoms with Crippen LogP contribution in [0.1, 0.15) is 0 Å². The third-order valence-corrected chi connectivity index (χ3v) is 2.76. The Kier molecular flexibility index (Phi) is 2.51. The van der Waals surface area contributed by atoms with Gasteiger partial charge >= 0.3 is 0 Å². The van der Waals surface area contributed by atoms with Crippen molar-refractivity contribution < 1.29 is 0 Å². The molecule has 0 unspecified atom stereocenters. The summed E-state index contributed by atoms with van der Waals surface area (Å²) in [5.41, 5.74) is 2.22. The van der Waals surface area contributed by atoms with Crippen molar-refractivity contribution in [3.63, 3.8) is 0 Å². The van der Waals surface area contributed by atoms with Crippen LogP contribution in [-0.4, -0.2) is 0 Å². The molecule has 0 aliphatic carbocycles. The highest BCUT2D eigenvalue weighted by Gasteiger charge is 1.99. The number of nitrogens with one attached hydrogen (secondary N) is 1. The number of anilines is 2. The third-order valence-electron chi connectivity index (χ3n) is 2.76. The SMILES string of the molecule is [c]1ccc(Nc2ccccc2)c2ccccc12. The zero-order valence-corrected chi connectivity index (χ0v) is 9.35. The largest absolute Gasteiger partial charge is 0.355 e. The molecule has 1 nitrogen and oxygen atoms in total.